The highest BCUT2D eigenvalue weighted by Gasteiger charge is 2.17. The van der Waals surface area contributed by atoms with Gasteiger partial charge >= 0.3 is 6.03 Å². The summed E-state index contributed by atoms with van der Waals surface area (Å²) in [4.78, 5) is 21.4. The molecule has 0 atom stereocenters. The number of para-hydroxylation sites is 2. The number of urea groups is 1. The largest absolute Gasteiger partial charge is 0.493 e. The molecule has 2 amide bonds. The van der Waals surface area contributed by atoms with Crippen LogP contribution in [0.3, 0.4) is 0 Å². The highest BCUT2D eigenvalue weighted by molar-refractivity contribution is 5.79. The van der Waals surface area contributed by atoms with Crippen molar-refractivity contribution in [3.8, 4) is 17.2 Å². The van der Waals surface area contributed by atoms with Crippen LogP contribution in [0.25, 0.3) is 11.0 Å². The molecule has 4 rings (SSSR count). The van der Waals surface area contributed by atoms with Crippen molar-refractivity contribution in [1.29, 1.82) is 0 Å². The first-order valence-electron chi connectivity index (χ1n) is 13.0. The van der Waals surface area contributed by atoms with E-state index in [4.69, 9.17) is 19.2 Å². The van der Waals surface area contributed by atoms with E-state index in [1.54, 1.807) is 45.4 Å². The minimum absolute atomic E-state index is 0.181. The number of imidazole rings is 1. The van der Waals surface area contributed by atoms with Gasteiger partial charge in [0.15, 0.2) is 11.5 Å². The number of nitrogens with one attached hydrogen (secondary N) is 1. The van der Waals surface area contributed by atoms with Crippen molar-refractivity contribution >= 4 is 23.0 Å². The van der Waals surface area contributed by atoms with Crippen LogP contribution >= 0.6 is 0 Å². The maximum absolute atomic E-state index is 13.4. The fourth-order valence-corrected chi connectivity index (χ4v) is 4.58. The number of hydrogen-bond acceptors (Lipinski definition) is 6. The van der Waals surface area contributed by atoms with Gasteiger partial charge in [0.1, 0.15) is 5.82 Å². The molecule has 4 aromatic rings. The Balaban J connectivity index is 1.35. The van der Waals surface area contributed by atoms with Crippen LogP contribution in [-0.2, 0) is 13.1 Å². The van der Waals surface area contributed by atoms with E-state index < -0.39 is 0 Å². The average Bonchev–Trinajstić information content (AvgIpc) is 3.34. The molecule has 0 bridgehead atoms. The molecule has 0 saturated heterocycles. The number of nitrogens with zero attached hydrogens (tertiary/aromatic N) is 4. The minimum atomic E-state index is -0.256. The summed E-state index contributed by atoms with van der Waals surface area (Å²) in [5.74, 6) is 2.14. The molecule has 0 saturated carbocycles. The van der Waals surface area contributed by atoms with E-state index in [0.29, 0.717) is 43.4 Å². The van der Waals surface area contributed by atoms with E-state index >= 15 is 0 Å². The van der Waals surface area contributed by atoms with Gasteiger partial charge < -0.3 is 33.9 Å². The summed E-state index contributed by atoms with van der Waals surface area (Å²) in [5.41, 5.74) is 3.73. The van der Waals surface area contributed by atoms with Gasteiger partial charge in [-0.25, -0.2) is 14.2 Å². The van der Waals surface area contributed by atoms with Gasteiger partial charge in [0.25, 0.3) is 0 Å². The summed E-state index contributed by atoms with van der Waals surface area (Å²) in [5, 5.41) is 2.95. The second-order valence-corrected chi connectivity index (χ2v) is 9.50. The Morgan fingerprint density at radius 2 is 1.60 bits per heavy atom. The van der Waals surface area contributed by atoms with E-state index in [9.17, 15) is 9.18 Å². The molecule has 0 aliphatic rings. The smallest absolute Gasteiger partial charge is 0.317 e. The van der Waals surface area contributed by atoms with Gasteiger partial charge in [-0.15, -0.1) is 0 Å². The topological polar surface area (TPSA) is 81.1 Å². The molecule has 212 valence electrons. The van der Waals surface area contributed by atoms with Gasteiger partial charge in [-0.2, -0.15) is 0 Å². The highest BCUT2D eigenvalue weighted by Crippen LogP contribution is 2.38. The second-order valence-electron chi connectivity index (χ2n) is 9.50. The van der Waals surface area contributed by atoms with Crippen molar-refractivity contribution < 1.29 is 23.4 Å². The number of ether oxygens (including phenoxy) is 3. The lowest BCUT2D eigenvalue weighted by molar-refractivity contribution is 0.208. The maximum Gasteiger partial charge on any atom is 0.317 e. The Labute approximate surface area is 234 Å². The highest BCUT2D eigenvalue weighted by atomic mass is 19.1. The summed E-state index contributed by atoms with van der Waals surface area (Å²) in [6.07, 6.45) is 0.740. The average molecular weight is 550 g/mol. The fraction of sp³-hybridized carbons (Fsp3) is 0.333. The molecule has 1 aromatic heterocycles. The Kier molecular flexibility index (Phi) is 9.31. The van der Waals surface area contributed by atoms with Crippen LogP contribution in [0, 0.1) is 5.82 Å². The van der Waals surface area contributed by atoms with Gasteiger partial charge in [-0.05, 0) is 53.9 Å². The normalized spacial score (nSPS) is 10.8. The van der Waals surface area contributed by atoms with E-state index in [-0.39, 0.29) is 11.8 Å². The number of benzene rings is 3. The number of aromatic nitrogens is 2. The van der Waals surface area contributed by atoms with Crippen LogP contribution < -0.4 is 24.4 Å². The third-order valence-corrected chi connectivity index (χ3v) is 6.73. The number of carbonyl (C=O) groups excluding carboxylic acids is 1. The Hall–Kier alpha value is -4.47. The molecular weight excluding hydrogens is 513 g/mol. The number of anilines is 1. The molecule has 0 aliphatic carbocycles. The van der Waals surface area contributed by atoms with Crippen LogP contribution in [0.1, 0.15) is 17.5 Å². The zero-order valence-electron chi connectivity index (χ0n) is 23.6. The molecule has 40 heavy (non-hydrogen) atoms. The van der Waals surface area contributed by atoms with Crippen molar-refractivity contribution in [3.05, 3.63) is 77.6 Å². The Morgan fingerprint density at radius 1 is 0.925 bits per heavy atom. The zero-order valence-corrected chi connectivity index (χ0v) is 23.6. The summed E-state index contributed by atoms with van der Waals surface area (Å²) < 4.78 is 31.7. The first kappa shape index (κ1) is 28.5. The van der Waals surface area contributed by atoms with Crippen LogP contribution in [0.2, 0.25) is 0 Å². The quantitative estimate of drug-likeness (QED) is 0.270. The van der Waals surface area contributed by atoms with E-state index in [0.717, 1.165) is 34.5 Å². The first-order chi connectivity index (χ1) is 19.3. The van der Waals surface area contributed by atoms with Crippen LogP contribution in [0.15, 0.2) is 60.7 Å². The standard InChI is InChI=1S/C30H36FN5O4/c1-34(29-33-24-9-6-7-10-25(24)36(29)20-21-11-13-23(31)14-12-21)15-8-16-35(2)30(37)32-19-22-17-26(38-3)28(40-5)27(18-22)39-4/h6-7,9-14,17-18H,8,15-16,19-20H2,1-5H3,(H,32,37). The SMILES string of the molecule is COc1cc(CNC(=O)N(C)CCCN(C)c2nc3ccccc3n2Cc2ccc(F)cc2)cc(OC)c1OC. The molecule has 0 fully saturated rings. The molecule has 1 heterocycles. The van der Waals surface area contributed by atoms with Crippen molar-refractivity contribution in [2.45, 2.75) is 19.5 Å². The van der Waals surface area contributed by atoms with E-state index in [1.165, 1.54) is 12.1 Å². The van der Waals surface area contributed by atoms with Crippen molar-refractivity contribution in [3.63, 3.8) is 0 Å². The number of fused-ring (bicyclic) bond motifs is 1. The van der Waals surface area contributed by atoms with Gasteiger partial charge in [-0.3, -0.25) is 0 Å². The monoisotopic (exact) mass is 549 g/mol. The van der Waals surface area contributed by atoms with Crippen molar-refractivity contribution in [2.24, 2.45) is 0 Å². The lowest BCUT2D eigenvalue weighted by atomic mass is 10.2. The Bertz CT molecular complexity index is 1420. The Morgan fingerprint density at radius 3 is 2.25 bits per heavy atom. The minimum Gasteiger partial charge on any atom is -0.493 e. The number of rotatable bonds is 12. The van der Waals surface area contributed by atoms with E-state index in [1.807, 2.05) is 43.4 Å². The zero-order chi connectivity index (χ0) is 28.6. The van der Waals surface area contributed by atoms with Crippen LogP contribution in [-0.4, -0.2) is 69.0 Å². The fourth-order valence-electron chi connectivity index (χ4n) is 4.58. The number of carbonyl (C=O) groups is 1. The molecule has 1 N–H and O–H groups in total. The molecule has 0 aliphatic heterocycles. The number of methoxy groups -OCH3 is 3. The van der Waals surface area contributed by atoms with Crippen LogP contribution in [0.5, 0.6) is 17.2 Å². The lowest BCUT2D eigenvalue weighted by Crippen LogP contribution is -2.38. The van der Waals surface area contributed by atoms with Gasteiger partial charge in [0, 0.05) is 33.7 Å². The molecular formula is C30H36FN5O4. The van der Waals surface area contributed by atoms with Gasteiger partial charge in [0.05, 0.1) is 38.9 Å². The molecule has 0 radical (unpaired) electrons. The van der Waals surface area contributed by atoms with Gasteiger partial charge in [0.2, 0.25) is 11.7 Å². The summed E-state index contributed by atoms with van der Waals surface area (Å²) >= 11 is 0. The first-order valence-corrected chi connectivity index (χ1v) is 13.0. The van der Waals surface area contributed by atoms with Crippen molar-refractivity contribution in [1.82, 2.24) is 19.8 Å². The molecule has 9 nitrogen and oxygen atoms in total. The molecule has 10 heteroatoms. The predicted octanol–water partition coefficient (Wildman–Crippen LogP) is 4.92. The third kappa shape index (κ3) is 6.56. The summed E-state index contributed by atoms with van der Waals surface area (Å²) in [7, 11) is 8.43. The third-order valence-electron chi connectivity index (χ3n) is 6.73. The number of amides is 2. The molecule has 0 unspecified atom stereocenters. The molecule has 0 spiro atoms. The van der Waals surface area contributed by atoms with Gasteiger partial charge in [-0.1, -0.05) is 24.3 Å². The predicted molar refractivity (Wildman–Crippen MR) is 154 cm³/mol. The van der Waals surface area contributed by atoms with E-state index in [2.05, 4.69) is 14.8 Å². The van der Waals surface area contributed by atoms with Crippen molar-refractivity contribution in [2.75, 3.05) is 53.4 Å². The number of hydrogen-bond donors (Lipinski definition) is 1. The second kappa shape index (κ2) is 13.1. The summed E-state index contributed by atoms with van der Waals surface area (Å²) in [6.45, 7) is 2.14. The maximum atomic E-state index is 13.4. The lowest BCUT2D eigenvalue weighted by Gasteiger charge is -2.23. The molecule has 3 aromatic carbocycles. The number of halogens is 1. The summed E-state index contributed by atoms with van der Waals surface area (Å²) in [6, 6.07) is 18.0. The van der Waals surface area contributed by atoms with Crippen LogP contribution in [0.4, 0.5) is 15.1 Å².